The second-order valence-electron chi connectivity index (χ2n) is 6.49. The zero-order valence-electron chi connectivity index (χ0n) is 15.0. The van der Waals surface area contributed by atoms with Crippen molar-refractivity contribution >= 4 is 28.1 Å². The smallest absolute Gasteiger partial charge is 0.223 e. The number of anilines is 2. The lowest BCUT2D eigenvalue weighted by atomic mass is 10.0. The summed E-state index contributed by atoms with van der Waals surface area (Å²) < 4.78 is 26.1. The third-order valence-corrected chi connectivity index (χ3v) is 5.89. The molecule has 0 aromatic heterocycles. The Morgan fingerprint density at radius 2 is 2.08 bits per heavy atom. The molecule has 25 heavy (non-hydrogen) atoms. The molecule has 7 heteroatoms. The molecule has 1 saturated heterocycles. The first-order valence-corrected chi connectivity index (χ1v) is 10.3. The summed E-state index contributed by atoms with van der Waals surface area (Å²) in [6.45, 7) is 5.76. The largest absolute Gasteiger partial charge is 0.367 e. The molecule has 5 nitrogen and oxygen atoms in total. The Kier molecular flexibility index (Phi) is 7.38. The molecule has 0 saturated carbocycles. The van der Waals surface area contributed by atoms with E-state index in [0.29, 0.717) is 49.1 Å². The van der Waals surface area contributed by atoms with Crippen LogP contribution in [0.4, 0.5) is 15.8 Å². The van der Waals surface area contributed by atoms with Crippen molar-refractivity contribution in [2.75, 3.05) is 47.5 Å². The minimum atomic E-state index is -0.798. The van der Waals surface area contributed by atoms with Crippen LogP contribution >= 0.6 is 0 Å². The molecule has 1 aliphatic rings. The second kappa shape index (κ2) is 9.29. The van der Waals surface area contributed by atoms with Crippen molar-refractivity contribution < 1.29 is 13.4 Å². The fraction of sp³-hybridized carbons (Fsp3) is 0.611. The van der Waals surface area contributed by atoms with Gasteiger partial charge in [-0.2, -0.15) is 0 Å². The highest BCUT2D eigenvalue weighted by atomic mass is 32.2. The van der Waals surface area contributed by atoms with Crippen molar-refractivity contribution in [3.8, 4) is 0 Å². The van der Waals surface area contributed by atoms with Crippen LogP contribution in [-0.4, -0.2) is 47.8 Å². The van der Waals surface area contributed by atoms with Crippen LogP contribution in [0.15, 0.2) is 18.2 Å². The summed E-state index contributed by atoms with van der Waals surface area (Å²) in [4.78, 5) is 15.6. The number of nitrogens with two attached hydrogens (primary N) is 1. The normalized spacial score (nSPS) is 16.7. The van der Waals surface area contributed by atoms with Gasteiger partial charge in [-0.3, -0.25) is 9.00 Å². The fourth-order valence-corrected chi connectivity index (χ4v) is 4.22. The topological polar surface area (TPSA) is 66.6 Å². The first kappa shape index (κ1) is 19.8. The summed E-state index contributed by atoms with van der Waals surface area (Å²) in [5.74, 6) is 0.867. The predicted molar refractivity (Wildman–Crippen MR) is 102 cm³/mol. The predicted octanol–water partition coefficient (Wildman–Crippen LogP) is 2.12. The molecule has 1 aliphatic heterocycles. The van der Waals surface area contributed by atoms with Crippen molar-refractivity contribution in [3.63, 3.8) is 0 Å². The molecule has 1 aromatic carbocycles. The molecule has 1 aromatic rings. The van der Waals surface area contributed by atoms with E-state index < -0.39 is 10.8 Å². The van der Waals surface area contributed by atoms with Gasteiger partial charge in [0.1, 0.15) is 5.82 Å². The van der Waals surface area contributed by atoms with Crippen molar-refractivity contribution in [3.05, 3.63) is 24.0 Å². The van der Waals surface area contributed by atoms with Gasteiger partial charge in [0, 0.05) is 54.6 Å². The van der Waals surface area contributed by atoms with Gasteiger partial charge in [-0.05, 0) is 37.1 Å². The van der Waals surface area contributed by atoms with Crippen molar-refractivity contribution in [2.24, 2.45) is 11.7 Å². The first-order chi connectivity index (χ1) is 12.0. The van der Waals surface area contributed by atoms with Crippen LogP contribution in [0.5, 0.6) is 0 Å². The maximum atomic E-state index is 14.6. The van der Waals surface area contributed by atoms with E-state index in [1.54, 1.807) is 17.0 Å². The van der Waals surface area contributed by atoms with Crippen molar-refractivity contribution in [2.45, 2.75) is 26.7 Å². The van der Waals surface area contributed by atoms with Gasteiger partial charge in [-0.15, -0.1) is 0 Å². The molecular formula is C18H28FN3O2S. The fourth-order valence-electron chi connectivity index (χ4n) is 3.16. The second-order valence-corrected chi connectivity index (χ2v) is 8.19. The van der Waals surface area contributed by atoms with E-state index in [1.807, 2.05) is 4.90 Å². The average molecular weight is 370 g/mol. The van der Waals surface area contributed by atoms with Crippen LogP contribution in [0.1, 0.15) is 26.7 Å². The number of hydrogen-bond acceptors (Lipinski definition) is 4. The molecule has 2 rings (SSSR count). The number of hydrogen-bond donors (Lipinski definition) is 1. The number of amides is 1. The van der Waals surface area contributed by atoms with Gasteiger partial charge in [0.05, 0.1) is 5.69 Å². The summed E-state index contributed by atoms with van der Waals surface area (Å²) in [5, 5.41) is 0. The Balaban J connectivity index is 2.18. The molecule has 1 amide bonds. The van der Waals surface area contributed by atoms with E-state index in [0.717, 1.165) is 12.8 Å². The molecule has 0 spiro atoms. The van der Waals surface area contributed by atoms with Gasteiger partial charge < -0.3 is 15.5 Å². The SMILES string of the molecule is CCCC(CN)CN(C(C)=O)c1ccc(N2CCS(=O)CC2)c(F)c1. The Labute approximate surface area is 151 Å². The number of nitrogens with zero attached hydrogens (tertiary/aromatic N) is 2. The van der Waals surface area contributed by atoms with E-state index in [-0.39, 0.29) is 17.6 Å². The Morgan fingerprint density at radius 3 is 2.60 bits per heavy atom. The molecule has 1 unspecified atom stereocenters. The summed E-state index contributed by atoms with van der Waals surface area (Å²) in [5.41, 5.74) is 6.87. The van der Waals surface area contributed by atoms with E-state index in [9.17, 15) is 13.4 Å². The maximum absolute atomic E-state index is 14.6. The molecule has 140 valence electrons. The molecule has 2 N–H and O–H groups in total. The zero-order valence-corrected chi connectivity index (χ0v) is 15.9. The highest BCUT2D eigenvalue weighted by molar-refractivity contribution is 7.85. The minimum Gasteiger partial charge on any atom is -0.367 e. The van der Waals surface area contributed by atoms with Gasteiger partial charge in [0.15, 0.2) is 0 Å². The van der Waals surface area contributed by atoms with Gasteiger partial charge in [-0.25, -0.2) is 4.39 Å². The van der Waals surface area contributed by atoms with Crippen LogP contribution in [0.25, 0.3) is 0 Å². The maximum Gasteiger partial charge on any atom is 0.223 e. The molecule has 0 radical (unpaired) electrons. The van der Waals surface area contributed by atoms with E-state index in [4.69, 9.17) is 5.73 Å². The third-order valence-electron chi connectivity index (χ3n) is 4.61. The van der Waals surface area contributed by atoms with Crippen LogP contribution in [0.3, 0.4) is 0 Å². The van der Waals surface area contributed by atoms with Gasteiger partial charge >= 0.3 is 0 Å². The quantitative estimate of drug-likeness (QED) is 0.799. The number of carbonyl (C=O) groups excluding carboxylic acids is 1. The van der Waals surface area contributed by atoms with Crippen LogP contribution in [0.2, 0.25) is 0 Å². The summed E-state index contributed by atoms with van der Waals surface area (Å²) in [6.07, 6.45) is 1.93. The van der Waals surface area contributed by atoms with Gasteiger partial charge in [0.2, 0.25) is 5.91 Å². The van der Waals surface area contributed by atoms with E-state index in [2.05, 4.69) is 6.92 Å². The Bertz CT molecular complexity index is 616. The molecule has 1 heterocycles. The molecular weight excluding hydrogens is 341 g/mol. The van der Waals surface area contributed by atoms with Gasteiger partial charge in [-0.1, -0.05) is 13.3 Å². The lowest BCUT2D eigenvalue weighted by Crippen LogP contribution is -2.38. The first-order valence-electron chi connectivity index (χ1n) is 8.83. The monoisotopic (exact) mass is 369 g/mol. The van der Waals surface area contributed by atoms with Crippen LogP contribution in [0, 0.1) is 11.7 Å². The number of benzene rings is 1. The molecule has 0 bridgehead atoms. The molecule has 0 aliphatic carbocycles. The minimum absolute atomic E-state index is 0.116. The highest BCUT2D eigenvalue weighted by Crippen LogP contribution is 2.27. The van der Waals surface area contributed by atoms with E-state index in [1.165, 1.54) is 13.0 Å². The summed E-state index contributed by atoms with van der Waals surface area (Å²) in [6, 6.07) is 4.92. The van der Waals surface area contributed by atoms with Crippen molar-refractivity contribution in [1.82, 2.24) is 0 Å². The molecule has 1 fully saturated rings. The number of rotatable bonds is 7. The highest BCUT2D eigenvalue weighted by Gasteiger charge is 2.21. The lowest BCUT2D eigenvalue weighted by Gasteiger charge is -2.30. The molecule has 1 atom stereocenters. The number of halogens is 1. The van der Waals surface area contributed by atoms with Crippen LogP contribution < -0.4 is 15.5 Å². The lowest BCUT2D eigenvalue weighted by molar-refractivity contribution is -0.116. The Hall–Kier alpha value is -1.47. The summed E-state index contributed by atoms with van der Waals surface area (Å²) in [7, 11) is -0.798. The number of carbonyl (C=O) groups is 1. The van der Waals surface area contributed by atoms with Crippen molar-refractivity contribution in [1.29, 1.82) is 0 Å². The standard InChI is InChI=1S/C18H28FN3O2S/c1-3-4-15(12-20)13-22(14(2)23)16-5-6-18(17(19)11-16)21-7-9-25(24)10-8-21/h5-6,11,15H,3-4,7-10,12-13,20H2,1-2H3. The zero-order chi connectivity index (χ0) is 18.4. The third kappa shape index (κ3) is 5.25. The van der Waals surface area contributed by atoms with Gasteiger partial charge in [0.25, 0.3) is 0 Å². The Morgan fingerprint density at radius 1 is 1.40 bits per heavy atom. The average Bonchev–Trinajstić information content (AvgIpc) is 2.59. The summed E-state index contributed by atoms with van der Waals surface area (Å²) >= 11 is 0. The van der Waals surface area contributed by atoms with E-state index >= 15 is 0 Å². The van der Waals surface area contributed by atoms with Crippen LogP contribution in [-0.2, 0) is 15.6 Å².